The van der Waals surface area contributed by atoms with Crippen molar-refractivity contribution in [2.24, 2.45) is 5.41 Å². The minimum absolute atomic E-state index is 0.186. The molecule has 0 radical (unpaired) electrons. The average Bonchev–Trinajstić information content (AvgIpc) is 2.30. The maximum absolute atomic E-state index is 12.1. The third-order valence-corrected chi connectivity index (χ3v) is 4.65. The highest BCUT2D eigenvalue weighted by Crippen LogP contribution is 2.48. The Morgan fingerprint density at radius 3 is 2.32 bits per heavy atom. The SMILES string of the molecule is COC(=O)C(C)(C)C1(c2ccc(C)c(C)c2)COC1. The fraction of sp³-hybridized carbons (Fsp3) is 0.562. The van der Waals surface area contributed by atoms with Gasteiger partial charge in [0.25, 0.3) is 0 Å². The summed E-state index contributed by atoms with van der Waals surface area (Å²) >= 11 is 0. The largest absolute Gasteiger partial charge is 0.469 e. The predicted molar refractivity (Wildman–Crippen MR) is 74.2 cm³/mol. The van der Waals surface area contributed by atoms with E-state index in [0.717, 1.165) is 5.56 Å². The summed E-state index contributed by atoms with van der Waals surface area (Å²) in [7, 11) is 1.44. The van der Waals surface area contributed by atoms with Gasteiger partial charge in [-0.25, -0.2) is 0 Å². The quantitative estimate of drug-likeness (QED) is 0.786. The van der Waals surface area contributed by atoms with E-state index in [1.165, 1.54) is 18.2 Å². The molecule has 0 aliphatic carbocycles. The molecule has 104 valence electrons. The molecule has 0 N–H and O–H groups in total. The molecule has 1 aliphatic heterocycles. The van der Waals surface area contributed by atoms with E-state index in [1.807, 2.05) is 13.8 Å². The topological polar surface area (TPSA) is 35.5 Å². The van der Waals surface area contributed by atoms with Crippen LogP contribution in [0, 0.1) is 19.3 Å². The van der Waals surface area contributed by atoms with Gasteiger partial charge in [0.2, 0.25) is 0 Å². The first-order valence-corrected chi connectivity index (χ1v) is 6.59. The van der Waals surface area contributed by atoms with Crippen LogP contribution in [0.4, 0.5) is 0 Å². The molecule has 3 heteroatoms. The number of rotatable bonds is 3. The van der Waals surface area contributed by atoms with E-state index < -0.39 is 5.41 Å². The van der Waals surface area contributed by atoms with E-state index in [1.54, 1.807) is 0 Å². The lowest BCUT2D eigenvalue weighted by Gasteiger charge is -2.51. The molecule has 3 nitrogen and oxygen atoms in total. The molecule has 1 fully saturated rings. The highest BCUT2D eigenvalue weighted by atomic mass is 16.5. The van der Waals surface area contributed by atoms with Crippen molar-refractivity contribution in [3.63, 3.8) is 0 Å². The first-order valence-electron chi connectivity index (χ1n) is 6.59. The van der Waals surface area contributed by atoms with E-state index in [4.69, 9.17) is 9.47 Å². The summed E-state index contributed by atoms with van der Waals surface area (Å²) in [5, 5.41) is 0. The molecule has 1 aliphatic rings. The van der Waals surface area contributed by atoms with Crippen LogP contribution in [-0.2, 0) is 19.7 Å². The lowest BCUT2D eigenvalue weighted by Crippen LogP contribution is -2.60. The summed E-state index contributed by atoms with van der Waals surface area (Å²) in [4.78, 5) is 12.1. The molecular formula is C16H22O3. The van der Waals surface area contributed by atoms with E-state index in [2.05, 4.69) is 32.0 Å². The summed E-state index contributed by atoms with van der Waals surface area (Å²) in [5.41, 5.74) is 2.79. The van der Waals surface area contributed by atoms with Crippen LogP contribution in [0.1, 0.15) is 30.5 Å². The van der Waals surface area contributed by atoms with E-state index in [0.29, 0.717) is 13.2 Å². The van der Waals surface area contributed by atoms with Crippen molar-refractivity contribution < 1.29 is 14.3 Å². The normalized spacial score (nSPS) is 17.7. The van der Waals surface area contributed by atoms with Gasteiger partial charge in [0.15, 0.2) is 0 Å². The van der Waals surface area contributed by atoms with Gasteiger partial charge in [0.05, 0.1) is 31.2 Å². The van der Waals surface area contributed by atoms with Crippen LogP contribution >= 0.6 is 0 Å². The number of carbonyl (C=O) groups is 1. The number of methoxy groups -OCH3 is 1. The lowest BCUT2D eigenvalue weighted by atomic mass is 9.60. The Labute approximate surface area is 114 Å². The first kappa shape index (κ1) is 14.1. The highest BCUT2D eigenvalue weighted by molar-refractivity contribution is 5.78. The van der Waals surface area contributed by atoms with Gasteiger partial charge in [0, 0.05) is 0 Å². The fourth-order valence-electron chi connectivity index (χ4n) is 2.68. The Balaban J connectivity index is 2.48. The molecule has 0 amide bonds. The van der Waals surface area contributed by atoms with Crippen LogP contribution in [0.25, 0.3) is 0 Å². The van der Waals surface area contributed by atoms with Gasteiger partial charge in [-0.1, -0.05) is 18.2 Å². The molecule has 0 aromatic heterocycles. The van der Waals surface area contributed by atoms with Crippen LogP contribution < -0.4 is 0 Å². The number of carbonyl (C=O) groups excluding carboxylic acids is 1. The third-order valence-electron chi connectivity index (χ3n) is 4.65. The Hall–Kier alpha value is -1.35. The summed E-state index contributed by atoms with van der Waals surface area (Å²) in [6.45, 7) is 9.20. The van der Waals surface area contributed by atoms with Gasteiger partial charge < -0.3 is 9.47 Å². The maximum atomic E-state index is 12.1. The minimum atomic E-state index is -0.596. The van der Waals surface area contributed by atoms with Crippen molar-refractivity contribution >= 4 is 5.97 Å². The number of aryl methyl sites for hydroxylation is 2. The van der Waals surface area contributed by atoms with Gasteiger partial charge in [-0.3, -0.25) is 4.79 Å². The van der Waals surface area contributed by atoms with E-state index >= 15 is 0 Å². The van der Waals surface area contributed by atoms with Gasteiger partial charge in [-0.05, 0) is 44.4 Å². The molecule has 0 saturated carbocycles. The molecular weight excluding hydrogens is 240 g/mol. The standard InChI is InChI=1S/C16H22O3/c1-11-6-7-13(8-12(11)2)16(9-19-10-16)15(3,4)14(17)18-5/h6-8H,9-10H2,1-5H3. The fourth-order valence-corrected chi connectivity index (χ4v) is 2.68. The highest BCUT2D eigenvalue weighted by Gasteiger charge is 2.56. The summed E-state index contributed by atoms with van der Waals surface area (Å²) < 4.78 is 10.4. The minimum Gasteiger partial charge on any atom is -0.469 e. The summed E-state index contributed by atoms with van der Waals surface area (Å²) in [6, 6.07) is 6.39. The van der Waals surface area contributed by atoms with Crippen LogP contribution in [0.2, 0.25) is 0 Å². The van der Waals surface area contributed by atoms with Crippen molar-refractivity contribution in [2.45, 2.75) is 33.1 Å². The van der Waals surface area contributed by atoms with Crippen molar-refractivity contribution in [2.75, 3.05) is 20.3 Å². The van der Waals surface area contributed by atoms with Gasteiger partial charge in [-0.2, -0.15) is 0 Å². The van der Waals surface area contributed by atoms with Crippen LogP contribution in [-0.4, -0.2) is 26.3 Å². The molecule has 1 saturated heterocycles. The van der Waals surface area contributed by atoms with Crippen molar-refractivity contribution in [1.29, 1.82) is 0 Å². The van der Waals surface area contributed by atoms with Gasteiger partial charge >= 0.3 is 5.97 Å². The zero-order valence-corrected chi connectivity index (χ0v) is 12.4. The zero-order valence-electron chi connectivity index (χ0n) is 12.4. The number of benzene rings is 1. The monoisotopic (exact) mass is 262 g/mol. The van der Waals surface area contributed by atoms with Crippen LogP contribution in [0.15, 0.2) is 18.2 Å². The lowest BCUT2D eigenvalue weighted by molar-refractivity contribution is -0.174. The predicted octanol–water partition coefficient (Wildman–Crippen LogP) is 2.77. The molecule has 0 spiro atoms. The van der Waals surface area contributed by atoms with Crippen molar-refractivity contribution in [1.82, 2.24) is 0 Å². The number of hydrogen-bond donors (Lipinski definition) is 0. The second-order valence-electron chi connectivity index (χ2n) is 5.99. The van der Waals surface area contributed by atoms with Crippen molar-refractivity contribution in [3.05, 3.63) is 34.9 Å². The Kier molecular flexibility index (Phi) is 3.43. The Morgan fingerprint density at radius 2 is 1.89 bits per heavy atom. The average molecular weight is 262 g/mol. The van der Waals surface area contributed by atoms with E-state index in [-0.39, 0.29) is 11.4 Å². The number of hydrogen-bond acceptors (Lipinski definition) is 3. The van der Waals surface area contributed by atoms with Crippen LogP contribution in [0.5, 0.6) is 0 Å². The summed E-state index contributed by atoms with van der Waals surface area (Å²) in [6.07, 6.45) is 0. The molecule has 2 rings (SSSR count). The third kappa shape index (κ3) is 1.96. The number of esters is 1. The second kappa shape index (κ2) is 4.64. The van der Waals surface area contributed by atoms with Crippen molar-refractivity contribution in [3.8, 4) is 0 Å². The Morgan fingerprint density at radius 1 is 1.26 bits per heavy atom. The molecule has 0 atom stereocenters. The van der Waals surface area contributed by atoms with E-state index in [9.17, 15) is 4.79 Å². The molecule has 0 bridgehead atoms. The van der Waals surface area contributed by atoms with Crippen LogP contribution in [0.3, 0.4) is 0 Å². The Bertz CT molecular complexity index is 499. The smallest absolute Gasteiger partial charge is 0.312 e. The summed E-state index contributed by atoms with van der Waals surface area (Å²) in [5.74, 6) is -0.186. The number of ether oxygens (including phenoxy) is 2. The van der Waals surface area contributed by atoms with Gasteiger partial charge in [-0.15, -0.1) is 0 Å². The maximum Gasteiger partial charge on any atom is 0.312 e. The molecule has 0 unspecified atom stereocenters. The first-order chi connectivity index (χ1) is 8.85. The molecule has 19 heavy (non-hydrogen) atoms. The molecule has 1 heterocycles. The van der Waals surface area contributed by atoms with Gasteiger partial charge in [0.1, 0.15) is 0 Å². The molecule has 1 aromatic rings. The molecule has 1 aromatic carbocycles. The zero-order chi connectivity index (χ0) is 14.3. The second-order valence-corrected chi connectivity index (χ2v) is 5.99.